The van der Waals surface area contributed by atoms with Gasteiger partial charge in [0, 0.05) is 11.6 Å². The molecule has 0 aliphatic carbocycles. The van der Waals surface area contributed by atoms with Crippen molar-refractivity contribution in [3.8, 4) is 17.2 Å². The van der Waals surface area contributed by atoms with Crippen molar-refractivity contribution in [2.75, 3.05) is 14.2 Å². The fourth-order valence-corrected chi connectivity index (χ4v) is 2.74. The highest BCUT2D eigenvalue weighted by Crippen LogP contribution is 2.24. The van der Waals surface area contributed by atoms with Crippen LogP contribution in [-0.2, 0) is 11.4 Å². The van der Waals surface area contributed by atoms with Gasteiger partial charge in [-0.25, -0.2) is 13.6 Å². The Morgan fingerprint density at radius 2 is 1.68 bits per heavy atom. The largest absolute Gasteiger partial charge is 0.496 e. The molecular weight excluding hydrogens is 408 g/mol. The molecule has 0 saturated carbocycles. The van der Waals surface area contributed by atoms with Crippen LogP contribution < -0.4 is 14.2 Å². The van der Waals surface area contributed by atoms with Crippen molar-refractivity contribution in [2.45, 2.75) is 6.61 Å². The van der Waals surface area contributed by atoms with Crippen molar-refractivity contribution in [1.82, 2.24) is 0 Å². The number of methoxy groups -OCH3 is 2. The van der Waals surface area contributed by atoms with Gasteiger partial charge in [-0.05, 0) is 48.0 Å². The number of hydrogen-bond donors (Lipinski definition) is 0. The molecule has 3 aromatic carbocycles. The molecule has 0 N–H and O–H groups in total. The summed E-state index contributed by atoms with van der Waals surface area (Å²) in [6.07, 6.45) is 1.34. The minimum Gasteiger partial charge on any atom is -0.496 e. The zero-order valence-corrected chi connectivity index (χ0v) is 16.8. The van der Waals surface area contributed by atoms with E-state index in [1.54, 1.807) is 42.5 Å². The van der Waals surface area contributed by atoms with Gasteiger partial charge in [-0.1, -0.05) is 17.3 Å². The minimum atomic E-state index is -0.806. The van der Waals surface area contributed by atoms with E-state index >= 15 is 0 Å². The number of carbonyl (C=O) groups excluding carboxylic acids is 1. The minimum absolute atomic E-state index is 0.0333. The summed E-state index contributed by atoms with van der Waals surface area (Å²) in [6, 6.07) is 14.7. The van der Waals surface area contributed by atoms with Crippen molar-refractivity contribution in [3.63, 3.8) is 0 Å². The predicted molar refractivity (Wildman–Crippen MR) is 110 cm³/mol. The van der Waals surface area contributed by atoms with Gasteiger partial charge in [0.25, 0.3) is 0 Å². The van der Waals surface area contributed by atoms with E-state index < -0.39 is 17.6 Å². The Morgan fingerprint density at radius 3 is 2.42 bits per heavy atom. The molecule has 3 rings (SSSR count). The third-order valence-corrected chi connectivity index (χ3v) is 4.25. The maximum absolute atomic E-state index is 13.8. The number of rotatable bonds is 8. The monoisotopic (exact) mass is 427 g/mol. The summed E-state index contributed by atoms with van der Waals surface area (Å²) in [7, 11) is 2.94. The second kappa shape index (κ2) is 10.2. The van der Waals surface area contributed by atoms with E-state index in [-0.39, 0.29) is 17.9 Å². The highest BCUT2D eigenvalue weighted by atomic mass is 19.1. The van der Waals surface area contributed by atoms with Crippen LogP contribution in [0, 0.1) is 11.6 Å². The lowest BCUT2D eigenvalue weighted by molar-refractivity contribution is 0.0515. The Bertz CT molecular complexity index is 1100. The Balaban J connectivity index is 1.70. The lowest BCUT2D eigenvalue weighted by atomic mass is 10.1. The molecule has 0 fully saturated rings. The summed E-state index contributed by atoms with van der Waals surface area (Å²) < 4.78 is 42.7. The lowest BCUT2D eigenvalue weighted by Gasteiger charge is -2.11. The topological polar surface area (TPSA) is 66.4 Å². The van der Waals surface area contributed by atoms with Gasteiger partial charge in [0.15, 0.2) is 11.6 Å². The molecule has 3 aromatic rings. The molecule has 0 atom stereocenters. The van der Waals surface area contributed by atoms with Gasteiger partial charge in [-0.15, -0.1) is 0 Å². The summed E-state index contributed by atoms with van der Waals surface area (Å²) in [4.78, 5) is 17.1. The highest BCUT2D eigenvalue weighted by molar-refractivity contribution is 5.93. The first-order chi connectivity index (χ1) is 15.0. The molecule has 0 radical (unpaired) electrons. The summed E-state index contributed by atoms with van der Waals surface area (Å²) in [5, 5.41) is 3.72. The van der Waals surface area contributed by atoms with Crippen LogP contribution in [0.15, 0.2) is 65.8 Å². The Labute approximate surface area is 177 Å². The predicted octanol–water partition coefficient (Wildman–Crippen LogP) is 4.75. The summed E-state index contributed by atoms with van der Waals surface area (Å²) in [5.41, 5.74) is 1.42. The average Bonchev–Trinajstić information content (AvgIpc) is 2.78. The van der Waals surface area contributed by atoms with E-state index in [1.807, 2.05) is 0 Å². The molecule has 31 heavy (non-hydrogen) atoms. The molecule has 0 saturated heterocycles. The first kappa shape index (κ1) is 21.8. The standard InChI is InChI=1S/C23H19F2NO5/c1-28-20-9-7-15(11-16(20)14-30-22-10-8-17(24)12-19(22)25)13-26-31-23(27)18-5-3-4-6-21(18)29-2/h3-13H,14H2,1-2H3/b26-13+. The highest BCUT2D eigenvalue weighted by Gasteiger charge is 2.13. The number of hydrogen-bond acceptors (Lipinski definition) is 6. The van der Waals surface area contributed by atoms with Gasteiger partial charge in [-0.2, -0.15) is 0 Å². The van der Waals surface area contributed by atoms with Gasteiger partial charge in [-0.3, -0.25) is 0 Å². The molecular formula is C23H19F2NO5. The zero-order valence-electron chi connectivity index (χ0n) is 16.8. The van der Waals surface area contributed by atoms with Crippen LogP contribution in [0.4, 0.5) is 8.78 Å². The summed E-state index contributed by atoms with van der Waals surface area (Å²) >= 11 is 0. The Kier molecular flexibility index (Phi) is 7.16. The molecule has 0 unspecified atom stereocenters. The molecule has 8 heteroatoms. The molecule has 0 heterocycles. The fraction of sp³-hybridized carbons (Fsp3) is 0.130. The van der Waals surface area contributed by atoms with Gasteiger partial charge >= 0.3 is 5.97 Å². The normalized spacial score (nSPS) is 10.7. The Hall–Kier alpha value is -3.94. The molecule has 0 bridgehead atoms. The van der Waals surface area contributed by atoms with Gasteiger partial charge in [0.2, 0.25) is 0 Å². The molecule has 0 aromatic heterocycles. The summed E-state index contributed by atoms with van der Waals surface area (Å²) in [5.74, 6) is -1.38. The first-order valence-corrected chi connectivity index (χ1v) is 9.14. The second-order valence-electron chi connectivity index (χ2n) is 6.25. The molecule has 0 spiro atoms. The van der Waals surface area contributed by atoms with Crippen molar-refractivity contribution in [1.29, 1.82) is 0 Å². The van der Waals surface area contributed by atoms with Crippen molar-refractivity contribution < 1.29 is 32.6 Å². The lowest BCUT2D eigenvalue weighted by Crippen LogP contribution is -2.04. The van der Waals surface area contributed by atoms with E-state index in [4.69, 9.17) is 19.0 Å². The van der Waals surface area contributed by atoms with Crippen LogP contribution in [0.5, 0.6) is 17.2 Å². The summed E-state index contributed by atoms with van der Waals surface area (Å²) in [6.45, 7) is -0.0333. The van der Waals surface area contributed by atoms with E-state index in [0.29, 0.717) is 22.6 Å². The van der Waals surface area contributed by atoms with Crippen molar-refractivity contribution >= 4 is 12.2 Å². The van der Waals surface area contributed by atoms with Crippen LogP contribution in [-0.4, -0.2) is 26.4 Å². The average molecular weight is 427 g/mol. The SMILES string of the molecule is COc1ccc(/C=N/OC(=O)c2ccccc2OC)cc1COc1ccc(F)cc1F. The van der Waals surface area contributed by atoms with E-state index in [2.05, 4.69) is 5.16 Å². The van der Waals surface area contributed by atoms with Crippen molar-refractivity contribution in [3.05, 3.63) is 89.0 Å². The van der Waals surface area contributed by atoms with Crippen LogP contribution in [0.3, 0.4) is 0 Å². The Morgan fingerprint density at radius 1 is 0.935 bits per heavy atom. The quantitative estimate of drug-likeness (QED) is 0.295. The molecule has 0 aliphatic rings. The molecule has 160 valence electrons. The van der Waals surface area contributed by atoms with Gasteiger partial charge in [0.1, 0.15) is 29.5 Å². The number of halogens is 2. The number of ether oxygens (including phenoxy) is 3. The van der Waals surface area contributed by atoms with E-state index in [9.17, 15) is 13.6 Å². The number of para-hydroxylation sites is 1. The van der Waals surface area contributed by atoms with Crippen LogP contribution >= 0.6 is 0 Å². The smallest absolute Gasteiger partial charge is 0.369 e. The van der Waals surface area contributed by atoms with Gasteiger partial charge < -0.3 is 19.0 Å². The molecule has 0 amide bonds. The van der Waals surface area contributed by atoms with Crippen molar-refractivity contribution in [2.24, 2.45) is 5.16 Å². The zero-order chi connectivity index (χ0) is 22.2. The maximum atomic E-state index is 13.8. The number of nitrogens with zero attached hydrogens (tertiary/aromatic N) is 1. The van der Waals surface area contributed by atoms with Crippen LogP contribution in [0.2, 0.25) is 0 Å². The third-order valence-electron chi connectivity index (χ3n) is 4.25. The molecule has 6 nitrogen and oxygen atoms in total. The first-order valence-electron chi connectivity index (χ1n) is 9.14. The van der Waals surface area contributed by atoms with E-state index in [1.165, 1.54) is 26.5 Å². The number of oxime groups is 1. The van der Waals surface area contributed by atoms with Crippen LogP contribution in [0.25, 0.3) is 0 Å². The number of carbonyl (C=O) groups is 1. The fourth-order valence-electron chi connectivity index (χ4n) is 2.74. The van der Waals surface area contributed by atoms with Gasteiger partial charge in [0.05, 0.1) is 20.4 Å². The van der Waals surface area contributed by atoms with E-state index in [0.717, 1.165) is 12.1 Å². The van der Waals surface area contributed by atoms with Crippen LogP contribution in [0.1, 0.15) is 21.5 Å². The number of benzene rings is 3. The second-order valence-corrected chi connectivity index (χ2v) is 6.25. The molecule has 0 aliphatic heterocycles. The maximum Gasteiger partial charge on any atom is 0.369 e. The third kappa shape index (κ3) is 5.57.